The van der Waals surface area contributed by atoms with Gasteiger partial charge in [-0.1, -0.05) is 63.7 Å². The van der Waals surface area contributed by atoms with E-state index in [4.69, 9.17) is 0 Å². The summed E-state index contributed by atoms with van der Waals surface area (Å²) in [4.78, 5) is 0.276. The van der Waals surface area contributed by atoms with Gasteiger partial charge in [-0.2, -0.15) is 0 Å². The van der Waals surface area contributed by atoms with Crippen LogP contribution >= 0.6 is 27.3 Å². The lowest BCUT2D eigenvalue weighted by Crippen LogP contribution is -2.04. The highest BCUT2D eigenvalue weighted by molar-refractivity contribution is 9.10. The second-order valence-corrected chi connectivity index (χ2v) is 8.55. The van der Waals surface area contributed by atoms with Gasteiger partial charge in [0.1, 0.15) is 15.8 Å². The lowest BCUT2D eigenvalue weighted by atomic mass is 10.2. The van der Waals surface area contributed by atoms with Crippen molar-refractivity contribution in [2.24, 2.45) is 0 Å². The van der Waals surface area contributed by atoms with E-state index in [-0.39, 0.29) is 10.6 Å². The second kappa shape index (κ2) is 6.28. The fraction of sp³-hybridized carbons (Fsp3) is 0.0667. The third-order valence-electron chi connectivity index (χ3n) is 2.96. The summed E-state index contributed by atoms with van der Waals surface area (Å²) in [5, 5.41) is 9.29. The summed E-state index contributed by atoms with van der Waals surface area (Å²) in [5.41, 5.74) is 0.936. The van der Waals surface area contributed by atoms with Crippen LogP contribution in [0.3, 0.4) is 0 Å². The Kier molecular flexibility index (Phi) is 4.37. The Labute approximate surface area is 140 Å². The van der Waals surface area contributed by atoms with E-state index in [1.54, 1.807) is 24.3 Å². The summed E-state index contributed by atoms with van der Waals surface area (Å²) >= 11 is 4.58. The van der Waals surface area contributed by atoms with Crippen molar-refractivity contribution in [2.45, 2.75) is 10.6 Å². The Balaban J connectivity index is 1.86. The first kappa shape index (κ1) is 15.3. The van der Waals surface area contributed by atoms with Crippen LogP contribution in [0.15, 0.2) is 64.0 Å². The summed E-state index contributed by atoms with van der Waals surface area (Å²) in [5.74, 6) is -0.145. The summed E-state index contributed by atoms with van der Waals surface area (Å²) in [6.45, 7) is 0. The molecule has 0 aliphatic heterocycles. The molecule has 22 heavy (non-hydrogen) atoms. The van der Waals surface area contributed by atoms with E-state index in [1.165, 1.54) is 11.3 Å². The van der Waals surface area contributed by atoms with Crippen molar-refractivity contribution < 1.29 is 8.42 Å². The smallest absolute Gasteiger partial charge is 0.185 e. The van der Waals surface area contributed by atoms with Crippen LogP contribution in [-0.2, 0) is 15.6 Å². The van der Waals surface area contributed by atoms with E-state index >= 15 is 0 Å². The zero-order valence-corrected chi connectivity index (χ0v) is 14.5. The monoisotopic (exact) mass is 394 g/mol. The standard InChI is InChI=1S/C15H11BrN2O2S2/c16-12-7-4-8-13(9-12)22(19,20)10-14-17-18-15(21-14)11-5-2-1-3-6-11/h1-9H,10H2. The van der Waals surface area contributed by atoms with Gasteiger partial charge in [-0.25, -0.2) is 8.42 Å². The summed E-state index contributed by atoms with van der Waals surface area (Å²) in [6, 6.07) is 16.3. The third kappa shape index (κ3) is 3.43. The van der Waals surface area contributed by atoms with Crippen molar-refractivity contribution >= 4 is 37.1 Å². The van der Waals surface area contributed by atoms with Crippen molar-refractivity contribution in [1.82, 2.24) is 10.2 Å². The molecule has 1 heterocycles. The minimum Gasteiger partial charge on any atom is -0.223 e. The molecule has 0 N–H and O–H groups in total. The molecule has 0 saturated heterocycles. The van der Waals surface area contributed by atoms with Gasteiger partial charge in [0.05, 0.1) is 4.90 Å². The van der Waals surface area contributed by atoms with Crippen LogP contribution in [0.25, 0.3) is 10.6 Å². The Morgan fingerprint density at radius 1 is 1.00 bits per heavy atom. The molecule has 3 aromatic rings. The number of hydrogen-bond donors (Lipinski definition) is 0. The molecule has 3 rings (SSSR count). The number of nitrogens with zero attached hydrogens (tertiary/aromatic N) is 2. The van der Waals surface area contributed by atoms with E-state index < -0.39 is 9.84 Å². The number of hydrogen-bond acceptors (Lipinski definition) is 5. The van der Waals surface area contributed by atoms with Crippen LogP contribution in [0, 0.1) is 0 Å². The number of aromatic nitrogens is 2. The molecular formula is C15H11BrN2O2S2. The van der Waals surface area contributed by atoms with Crippen LogP contribution < -0.4 is 0 Å². The van der Waals surface area contributed by atoms with Crippen LogP contribution in [0.1, 0.15) is 5.01 Å². The molecule has 0 saturated carbocycles. The quantitative estimate of drug-likeness (QED) is 0.672. The summed E-state index contributed by atoms with van der Waals surface area (Å²) < 4.78 is 25.6. The van der Waals surface area contributed by atoms with Crippen LogP contribution in [-0.4, -0.2) is 18.6 Å². The van der Waals surface area contributed by atoms with Gasteiger partial charge in [0.15, 0.2) is 9.84 Å². The lowest BCUT2D eigenvalue weighted by Gasteiger charge is -2.02. The molecule has 2 aromatic carbocycles. The Hall–Kier alpha value is -1.57. The van der Waals surface area contributed by atoms with E-state index in [0.29, 0.717) is 5.01 Å². The molecule has 0 amide bonds. The Morgan fingerprint density at radius 3 is 2.50 bits per heavy atom. The van der Waals surface area contributed by atoms with E-state index in [1.807, 2.05) is 30.3 Å². The minimum atomic E-state index is -3.43. The highest BCUT2D eigenvalue weighted by atomic mass is 79.9. The molecule has 0 spiro atoms. The fourth-order valence-electron chi connectivity index (χ4n) is 1.92. The first-order valence-corrected chi connectivity index (χ1v) is 9.67. The maximum Gasteiger partial charge on any atom is 0.185 e. The molecule has 0 aliphatic carbocycles. The average Bonchev–Trinajstić information content (AvgIpc) is 2.96. The van der Waals surface area contributed by atoms with E-state index in [2.05, 4.69) is 26.1 Å². The van der Waals surface area contributed by atoms with Gasteiger partial charge >= 0.3 is 0 Å². The molecular weight excluding hydrogens is 384 g/mol. The third-order valence-corrected chi connectivity index (χ3v) is 6.23. The molecule has 1 aromatic heterocycles. The largest absolute Gasteiger partial charge is 0.223 e. The van der Waals surface area contributed by atoms with Crippen molar-refractivity contribution in [3.05, 3.63) is 64.1 Å². The van der Waals surface area contributed by atoms with Crippen molar-refractivity contribution in [2.75, 3.05) is 0 Å². The zero-order chi connectivity index (χ0) is 15.6. The van der Waals surface area contributed by atoms with Gasteiger partial charge in [0, 0.05) is 10.0 Å². The maximum absolute atomic E-state index is 12.4. The predicted octanol–water partition coefficient (Wildman–Crippen LogP) is 3.94. The van der Waals surface area contributed by atoms with Gasteiger partial charge in [-0.05, 0) is 18.2 Å². The van der Waals surface area contributed by atoms with E-state index in [9.17, 15) is 8.42 Å². The fourth-order valence-corrected chi connectivity index (χ4v) is 4.95. The first-order chi connectivity index (χ1) is 10.5. The first-order valence-electron chi connectivity index (χ1n) is 6.41. The molecule has 0 bridgehead atoms. The number of rotatable bonds is 4. The van der Waals surface area contributed by atoms with Gasteiger partial charge in [0.25, 0.3) is 0 Å². The number of halogens is 1. The van der Waals surface area contributed by atoms with Gasteiger partial charge in [0.2, 0.25) is 0 Å². The SMILES string of the molecule is O=S(=O)(Cc1nnc(-c2ccccc2)s1)c1cccc(Br)c1. The van der Waals surface area contributed by atoms with Crippen molar-refractivity contribution in [1.29, 1.82) is 0 Å². The molecule has 4 nitrogen and oxygen atoms in total. The predicted molar refractivity (Wildman–Crippen MR) is 90.4 cm³/mol. The van der Waals surface area contributed by atoms with Gasteiger partial charge in [-0.3, -0.25) is 0 Å². The molecule has 0 unspecified atom stereocenters. The minimum absolute atomic E-state index is 0.145. The maximum atomic E-state index is 12.4. The normalized spacial score (nSPS) is 11.5. The van der Waals surface area contributed by atoms with E-state index in [0.717, 1.165) is 15.0 Å². The Morgan fingerprint density at radius 2 is 1.77 bits per heavy atom. The molecule has 0 aliphatic rings. The number of benzene rings is 2. The van der Waals surface area contributed by atoms with Crippen LogP contribution in [0.4, 0.5) is 0 Å². The highest BCUT2D eigenvalue weighted by Crippen LogP contribution is 2.26. The topological polar surface area (TPSA) is 59.9 Å². The van der Waals surface area contributed by atoms with Crippen molar-refractivity contribution in [3.63, 3.8) is 0 Å². The zero-order valence-electron chi connectivity index (χ0n) is 11.3. The van der Waals surface area contributed by atoms with Gasteiger partial charge in [-0.15, -0.1) is 10.2 Å². The second-order valence-electron chi connectivity index (χ2n) is 4.58. The molecule has 0 fully saturated rings. The Bertz CT molecular complexity index is 893. The highest BCUT2D eigenvalue weighted by Gasteiger charge is 2.19. The summed E-state index contributed by atoms with van der Waals surface area (Å²) in [7, 11) is -3.43. The molecule has 7 heteroatoms. The molecule has 112 valence electrons. The van der Waals surface area contributed by atoms with Gasteiger partial charge < -0.3 is 0 Å². The molecule has 0 radical (unpaired) electrons. The van der Waals surface area contributed by atoms with Crippen LogP contribution in [0.5, 0.6) is 0 Å². The summed E-state index contributed by atoms with van der Waals surface area (Å²) in [6.07, 6.45) is 0. The average molecular weight is 395 g/mol. The molecule has 0 atom stereocenters. The lowest BCUT2D eigenvalue weighted by molar-refractivity contribution is 0.595. The van der Waals surface area contributed by atoms with Crippen LogP contribution in [0.2, 0.25) is 0 Å². The number of sulfone groups is 1. The van der Waals surface area contributed by atoms with Crippen molar-refractivity contribution in [3.8, 4) is 10.6 Å².